The van der Waals surface area contributed by atoms with E-state index in [4.69, 9.17) is 21.3 Å². The summed E-state index contributed by atoms with van der Waals surface area (Å²) < 4.78 is 0. The van der Waals surface area contributed by atoms with Crippen LogP contribution in [-0.2, 0) is 26.2 Å². The molecule has 0 aliphatic heterocycles. The molecule has 0 fully saturated rings. The average molecular weight is 842 g/mol. The van der Waals surface area contributed by atoms with Crippen LogP contribution >= 0.6 is 15.8 Å². The number of hydrogen-bond acceptors (Lipinski definition) is 0. The summed E-state index contributed by atoms with van der Waals surface area (Å²) in [6.45, 7) is 19.0. The first kappa shape index (κ1) is 47.8. The van der Waals surface area contributed by atoms with E-state index >= 15 is 0 Å². The molecule has 0 unspecified atom stereocenters. The molecule has 0 N–H and O–H groups in total. The van der Waals surface area contributed by atoms with E-state index in [1.165, 1.54) is 21.2 Å². The molecule has 6 rings (SSSR count). The van der Waals surface area contributed by atoms with Gasteiger partial charge in [0.15, 0.2) is 0 Å². The molecule has 0 saturated heterocycles. The fraction of sp³-hybridized carbons (Fsp3) is 0.208. The molecular formula is C48H56N4P2Zr-6. The van der Waals surface area contributed by atoms with Crippen LogP contribution in [0.1, 0.15) is 38.8 Å². The molecule has 6 aromatic carbocycles. The van der Waals surface area contributed by atoms with Gasteiger partial charge < -0.3 is 21.3 Å². The van der Waals surface area contributed by atoms with E-state index in [1.807, 2.05) is 60.7 Å². The van der Waals surface area contributed by atoms with Crippen LogP contribution in [0.4, 0.5) is 0 Å². The van der Waals surface area contributed by atoms with Crippen LogP contribution in [0.2, 0.25) is 0 Å². The van der Waals surface area contributed by atoms with Gasteiger partial charge in [0.05, 0.1) is 0 Å². The third-order valence-electron chi connectivity index (χ3n) is 7.67. The van der Waals surface area contributed by atoms with Crippen LogP contribution in [0.15, 0.2) is 182 Å². The number of nitrogens with zero attached hydrogens (tertiary/aromatic N) is 4. The largest absolute Gasteiger partial charge is 0.674 e. The summed E-state index contributed by atoms with van der Waals surface area (Å²) in [5.41, 5.74) is 2.14. The minimum atomic E-state index is -0.559. The van der Waals surface area contributed by atoms with E-state index in [-0.39, 0.29) is 38.0 Å². The Hall–Kier alpha value is -3.36. The maximum absolute atomic E-state index is 4.73. The molecule has 55 heavy (non-hydrogen) atoms. The molecule has 0 radical (unpaired) electrons. The van der Waals surface area contributed by atoms with Crippen molar-refractivity contribution in [1.82, 2.24) is 0 Å². The summed E-state index contributed by atoms with van der Waals surface area (Å²) in [7, 11) is -1.12. The SMILES string of the molecule is CC[N-]C([N-]CC)P(c1ccccc1)c1ccccc1.CC[N-]C([N-]CC)P(c1ccccc1)c1ccccc1.[CH2-]c1ccccc1.[CH2-]c1ccccc1.[Zr]. The predicted molar refractivity (Wildman–Crippen MR) is 243 cm³/mol. The topological polar surface area (TPSA) is 56.4 Å². The van der Waals surface area contributed by atoms with E-state index in [0.29, 0.717) is 0 Å². The van der Waals surface area contributed by atoms with Gasteiger partial charge in [0.2, 0.25) is 0 Å². The van der Waals surface area contributed by atoms with E-state index in [9.17, 15) is 0 Å². The Kier molecular flexibility index (Phi) is 26.0. The van der Waals surface area contributed by atoms with Crippen LogP contribution in [0.25, 0.3) is 21.3 Å². The normalized spacial score (nSPS) is 10.3. The molecule has 0 aliphatic rings. The molecule has 0 aromatic heterocycles. The standard InChI is InChI=1S/2C17H21N2P.2C7H7.Zr/c2*1-3-18-17(19-4-2)20(15-11-7-5-8-12-15)16-13-9-6-10-14-16;2*1-7-5-3-2-4-6-7;/h2*5-14,17H,3-4H2,1-2H3;2*2-6H,1H2;/q2*-2;2*-1;. The summed E-state index contributed by atoms with van der Waals surface area (Å²) in [6, 6.07) is 62.4. The maximum Gasteiger partial charge on any atom is 0 e. The first-order chi connectivity index (χ1) is 26.5. The quantitative estimate of drug-likeness (QED) is 0.0775. The van der Waals surface area contributed by atoms with Gasteiger partial charge in [0.25, 0.3) is 0 Å². The molecule has 4 nitrogen and oxygen atoms in total. The van der Waals surface area contributed by atoms with Crippen molar-refractivity contribution in [2.75, 3.05) is 26.2 Å². The molecule has 0 atom stereocenters. The van der Waals surface area contributed by atoms with Crippen molar-refractivity contribution in [3.8, 4) is 0 Å². The fourth-order valence-electron chi connectivity index (χ4n) is 5.24. The number of rotatable bonds is 14. The summed E-state index contributed by atoms with van der Waals surface area (Å²) in [5, 5.41) is 24.3. The first-order valence-corrected chi connectivity index (χ1v) is 21.5. The molecule has 0 saturated carbocycles. The van der Waals surface area contributed by atoms with Gasteiger partial charge in [-0.1, -0.05) is 177 Å². The Morgan fingerprint density at radius 2 is 0.527 bits per heavy atom. The number of benzene rings is 6. The maximum atomic E-state index is 4.73. The molecule has 7 heteroatoms. The van der Waals surface area contributed by atoms with E-state index < -0.39 is 15.8 Å². The minimum Gasteiger partial charge on any atom is -0.674 e. The monoisotopic (exact) mass is 840 g/mol. The smallest absolute Gasteiger partial charge is 0 e. The predicted octanol–water partition coefficient (Wildman–Crippen LogP) is 12.1. The molecule has 6 aromatic rings. The third-order valence-corrected chi connectivity index (χ3v) is 12.7. The molecule has 288 valence electrons. The Morgan fingerprint density at radius 1 is 0.345 bits per heavy atom. The second-order valence-electron chi connectivity index (χ2n) is 11.7. The van der Waals surface area contributed by atoms with Gasteiger partial charge in [0, 0.05) is 26.2 Å². The van der Waals surface area contributed by atoms with Crippen molar-refractivity contribution in [2.24, 2.45) is 0 Å². The van der Waals surface area contributed by atoms with E-state index in [1.54, 1.807) is 0 Å². The molecule has 0 amide bonds. The van der Waals surface area contributed by atoms with Gasteiger partial charge >= 0.3 is 0 Å². The fourth-order valence-corrected chi connectivity index (χ4v) is 10.2. The third kappa shape index (κ3) is 18.4. The molecular weight excluding hydrogens is 786 g/mol. The van der Waals surface area contributed by atoms with Crippen molar-refractivity contribution in [2.45, 2.75) is 39.5 Å². The van der Waals surface area contributed by atoms with Crippen molar-refractivity contribution >= 4 is 37.1 Å². The summed E-state index contributed by atoms with van der Waals surface area (Å²) in [6.07, 6.45) is 0. The van der Waals surface area contributed by atoms with E-state index in [0.717, 1.165) is 37.3 Å². The van der Waals surface area contributed by atoms with Gasteiger partial charge in [-0.2, -0.15) is 75.4 Å². The zero-order chi connectivity index (χ0) is 38.6. The van der Waals surface area contributed by atoms with Gasteiger partial charge in [-0.15, -0.1) is 24.3 Å². The molecule has 0 heterocycles. The van der Waals surface area contributed by atoms with Crippen LogP contribution in [0.5, 0.6) is 0 Å². The second-order valence-corrected chi connectivity index (χ2v) is 16.2. The van der Waals surface area contributed by atoms with Gasteiger partial charge in [-0.3, -0.25) is 0 Å². The van der Waals surface area contributed by atoms with Crippen LogP contribution in [0.3, 0.4) is 0 Å². The van der Waals surface area contributed by atoms with Crippen molar-refractivity contribution < 1.29 is 26.2 Å². The van der Waals surface area contributed by atoms with Gasteiger partial charge in [-0.05, 0) is 21.2 Å². The zero-order valence-electron chi connectivity index (χ0n) is 32.9. The van der Waals surface area contributed by atoms with Gasteiger partial charge in [-0.25, -0.2) is 11.8 Å². The van der Waals surface area contributed by atoms with Crippen LogP contribution < -0.4 is 21.2 Å². The summed E-state index contributed by atoms with van der Waals surface area (Å²) in [4.78, 5) is 0. The van der Waals surface area contributed by atoms with Crippen LogP contribution in [0, 0.1) is 13.8 Å². The Bertz CT molecular complexity index is 1510. The zero-order valence-corrected chi connectivity index (χ0v) is 37.1. The Balaban J connectivity index is 0.000000278. The van der Waals surface area contributed by atoms with Crippen molar-refractivity contribution in [3.63, 3.8) is 0 Å². The summed E-state index contributed by atoms with van der Waals surface area (Å²) in [5.74, 6) is 0.120. The number of hydrogen-bond donors (Lipinski definition) is 0. The summed E-state index contributed by atoms with van der Waals surface area (Å²) >= 11 is 0. The Morgan fingerprint density at radius 3 is 0.673 bits per heavy atom. The van der Waals surface area contributed by atoms with Crippen molar-refractivity contribution in [1.29, 1.82) is 0 Å². The average Bonchev–Trinajstić information content (AvgIpc) is 3.22. The van der Waals surface area contributed by atoms with Crippen molar-refractivity contribution in [3.05, 3.63) is 228 Å². The second kappa shape index (κ2) is 29.9. The first-order valence-electron chi connectivity index (χ1n) is 18.7. The minimum absolute atomic E-state index is 0. The van der Waals surface area contributed by atoms with Gasteiger partial charge in [0.1, 0.15) is 0 Å². The molecule has 0 aliphatic carbocycles. The van der Waals surface area contributed by atoms with Crippen LogP contribution in [-0.4, -0.2) is 38.0 Å². The Labute approximate surface area is 355 Å². The van der Waals surface area contributed by atoms with E-state index in [2.05, 4.69) is 163 Å². The molecule has 0 spiro atoms. The molecule has 0 bridgehead atoms.